The zero-order valence-electron chi connectivity index (χ0n) is 13.8. The molecule has 0 unspecified atom stereocenters. The van der Waals surface area contributed by atoms with Gasteiger partial charge in [0.15, 0.2) is 0 Å². The number of hydrogen-bond acceptors (Lipinski definition) is 5. The zero-order chi connectivity index (χ0) is 16.4. The van der Waals surface area contributed by atoms with Crippen molar-refractivity contribution in [3.8, 4) is 0 Å². The molecule has 1 fully saturated rings. The van der Waals surface area contributed by atoms with Crippen LogP contribution in [0, 0.1) is 6.92 Å². The Morgan fingerprint density at radius 1 is 1.32 bits per heavy atom. The van der Waals surface area contributed by atoms with Crippen LogP contribution in [0.25, 0.3) is 0 Å². The highest BCUT2D eigenvalue weighted by molar-refractivity contribution is 5.68. The lowest BCUT2D eigenvalue weighted by Gasteiger charge is -2.38. The van der Waals surface area contributed by atoms with Gasteiger partial charge >= 0.3 is 6.09 Å². The molecule has 6 nitrogen and oxygen atoms in total. The third kappa shape index (κ3) is 4.66. The topological polar surface area (TPSA) is 75.6 Å². The molecule has 1 amide bonds. The third-order valence-corrected chi connectivity index (χ3v) is 3.69. The minimum Gasteiger partial charge on any atom is -0.444 e. The fourth-order valence-electron chi connectivity index (χ4n) is 2.46. The Hall–Kier alpha value is -1.69. The summed E-state index contributed by atoms with van der Waals surface area (Å²) >= 11 is 0. The summed E-state index contributed by atoms with van der Waals surface area (Å²) in [6.45, 7) is 8.41. The molecule has 22 heavy (non-hydrogen) atoms. The lowest BCUT2D eigenvalue weighted by atomic mass is 9.87. The molecule has 0 aromatic carbocycles. The molecule has 6 heteroatoms. The van der Waals surface area contributed by atoms with E-state index in [1.165, 1.54) is 0 Å². The van der Waals surface area contributed by atoms with Gasteiger partial charge in [-0.1, -0.05) is 0 Å². The number of likely N-dealkylation sites (tertiary alicyclic amines) is 1. The van der Waals surface area contributed by atoms with E-state index in [2.05, 4.69) is 9.97 Å². The summed E-state index contributed by atoms with van der Waals surface area (Å²) in [5.74, 6) is 0. The predicted molar refractivity (Wildman–Crippen MR) is 82.5 cm³/mol. The van der Waals surface area contributed by atoms with Gasteiger partial charge in [0.2, 0.25) is 0 Å². The molecule has 0 aliphatic carbocycles. The number of hydrogen-bond donors (Lipinski definition) is 1. The molecule has 122 valence electrons. The highest BCUT2D eigenvalue weighted by Crippen LogP contribution is 2.26. The van der Waals surface area contributed by atoms with Gasteiger partial charge in [0, 0.05) is 31.9 Å². The normalized spacial score (nSPS) is 18.1. The first-order valence-electron chi connectivity index (χ1n) is 7.65. The standard InChI is InChI=1S/C16H25N3O3/c1-12-10-18-13(11-17-12)9-16(21)5-7-19(8-6-16)14(20)22-15(2,3)4/h10-11,21H,5-9H2,1-4H3. The van der Waals surface area contributed by atoms with Gasteiger partial charge in [0.25, 0.3) is 0 Å². The Kier molecular flexibility index (Phi) is 4.70. The van der Waals surface area contributed by atoms with Crippen LogP contribution < -0.4 is 0 Å². The Bertz CT molecular complexity index is 514. The van der Waals surface area contributed by atoms with Gasteiger partial charge < -0.3 is 14.7 Å². The monoisotopic (exact) mass is 307 g/mol. The predicted octanol–water partition coefficient (Wildman–Crippen LogP) is 2.09. The van der Waals surface area contributed by atoms with Crippen molar-refractivity contribution in [3.63, 3.8) is 0 Å². The molecule has 1 aliphatic rings. The van der Waals surface area contributed by atoms with Crippen LogP contribution in [-0.2, 0) is 11.2 Å². The number of carbonyl (C=O) groups excluding carboxylic acids is 1. The molecule has 1 aromatic heterocycles. The molecule has 2 heterocycles. The quantitative estimate of drug-likeness (QED) is 0.905. The molecule has 1 aromatic rings. The van der Waals surface area contributed by atoms with Gasteiger partial charge in [-0.05, 0) is 40.5 Å². The fraction of sp³-hybridized carbons (Fsp3) is 0.688. The van der Waals surface area contributed by atoms with E-state index in [4.69, 9.17) is 4.74 Å². The number of piperidine rings is 1. The Balaban J connectivity index is 1.90. The maximum absolute atomic E-state index is 12.0. The second kappa shape index (κ2) is 6.20. The van der Waals surface area contributed by atoms with Crippen LogP contribution in [0.2, 0.25) is 0 Å². The van der Waals surface area contributed by atoms with Crippen molar-refractivity contribution in [1.82, 2.24) is 14.9 Å². The van der Waals surface area contributed by atoms with E-state index in [0.717, 1.165) is 11.4 Å². The van der Waals surface area contributed by atoms with Crippen LogP contribution in [0.4, 0.5) is 4.79 Å². The first-order valence-corrected chi connectivity index (χ1v) is 7.65. The maximum atomic E-state index is 12.0. The number of aliphatic hydroxyl groups is 1. The van der Waals surface area contributed by atoms with Gasteiger partial charge in [-0.25, -0.2) is 4.79 Å². The third-order valence-electron chi connectivity index (χ3n) is 3.69. The second-order valence-electron chi connectivity index (χ2n) is 7.02. The molecular weight excluding hydrogens is 282 g/mol. The second-order valence-corrected chi connectivity index (χ2v) is 7.02. The minimum atomic E-state index is -0.831. The van der Waals surface area contributed by atoms with Gasteiger partial charge in [-0.3, -0.25) is 9.97 Å². The van der Waals surface area contributed by atoms with E-state index in [9.17, 15) is 9.90 Å². The zero-order valence-corrected chi connectivity index (χ0v) is 13.8. The molecule has 0 radical (unpaired) electrons. The smallest absolute Gasteiger partial charge is 0.410 e. The largest absolute Gasteiger partial charge is 0.444 e. The summed E-state index contributed by atoms with van der Waals surface area (Å²) in [6, 6.07) is 0. The molecule has 1 N–H and O–H groups in total. The van der Waals surface area contributed by atoms with Crippen molar-refractivity contribution in [2.75, 3.05) is 13.1 Å². The molecule has 1 saturated heterocycles. The van der Waals surface area contributed by atoms with E-state index < -0.39 is 11.2 Å². The molecule has 0 saturated carbocycles. The number of amides is 1. The van der Waals surface area contributed by atoms with E-state index >= 15 is 0 Å². The summed E-state index contributed by atoms with van der Waals surface area (Å²) in [7, 11) is 0. The lowest BCUT2D eigenvalue weighted by molar-refractivity contribution is -0.0320. The van der Waals surface area contributed by atoms with Crippen LogP contribution in [0.15, 0.2) is 12.4 Å². The van der Waals surface area contributed by atoms with Gasteiger partial charge in [0.05, 0.1) is 17.0 Å². The first kappa shape index (κ1) is 16.7. The van der Waals surface area contributed by atoms with Crippen LogP contribution in [-0.4, -0.2) is 50.4 Å². The van der Waals surface area contributed by atoms with Crippen LogP contribution in [0.1, 0.15) is 45.0 Å². The Labute approximate surface area is 131 Å². The maximum Gasteiger partial charge on any atom is 0.410 e. The molecule has 1 aliphatic heterocycles. The number of aryl methyl sites for hydroxylation is 1. The summed E-state index contributed by atoms with van der Waals surface area (Å²) in [5.41, 5.74) is 0.305. The van der Waals surface area contributed by atoms with Crippen molar-refractivity contribution in [3.05, 3.63) is 23.8 Å². The van der Waals surface area contributed by atoms with E-state index in [1.54, 1.807) is 17.3 Å². The number of aromatic nitrogens is 2. The number of rotatable bonds is 2. The number of ether oxygens (including phenoxy) is 1. The summed E-state index contributed by atoms with van der Waals surface area (Å²) in [4.78, 5) is 22.2. The molecular formula is C16H25N3O3. The van der Waals surface area contributed by atoms with Crippen LogP contribution >= 0.6 is 0 Å². The SMILES string of the molecule is Cc1cnc(CC2(O)CCN(C(=O)OC(C)(C)C)CC2)cn1. The molecule has 0 bridgehead atoms. The summed E-state index contributed by atoms with van der Waals surface area (Å²) in [5, 5.41) is 10.7. The van der Waals surface area contributed by atoms with E-state index in [0.29, 0.717) is 32.4 Å². The Morgan fingerprint density at radius 2 is 1.95 bits per heavy atom. The van der Waals surface area contributed by atoms with Crippen molar-refractivity contribution < 1.29 is 14.6 Å². The lowest BCUT2D eigenvalue weighted by Crippen LogP contribution is -2.49. The highest BCUT2D eigenvalue weighted by Gasteiger charge is 2.35. The molecule has 0 spiro atoms. The van der Waals surface area contributed by atoms with Crippen LogP contribution in [0.5, 0.6) is 0 Å². The van der Waals surface area contributed by atoms with Crippen LogP contribution in [0.3, 0.4) is 0 Å². The fourth-order valence-corrected chi connectivity index (χ4v) is 2.46. The molecule has 2 rings (SSSR count). The summed E-state index contributed by atoms with van der Waals surface area (Å²) < 4.78 is 5.36. The number of carbonyl (C=O) groups is 1. The van der Waals surface area contributed by atoms with Crippen molar-refractivity contribution in [1.29, 1.82) is 0 Å². The van der Waals surface area contributed by atoms with Gasteiger partial charge in [-0.2, -0.15) is 0 Å². The minimum absolute atomic E-state index is 0.315. The average Bonchev–Trinajstić information content (AvgIpc) is 2.40. The van der Waals surface area contributed by atoms with Gasteiger partial charge in [-0.15, -0.1) is 0 Å². The van der Waals surface area contributed by atoms with Crippen molar-refractivity contribution in [2.24, 2.45) is 0 Å². The first-order chi connectivity index (χ1) is 10.2. The number of nitrogens with zero attached hydrogens (tertiary/aromatic N) is 3. The van der Waals surface area contributed by atoms with Gasteiger partial charge in [0.1, 0.15) is 5.60 Å². The Morgan fingerprint density at radius 3 is 2.45 bits per heavy atom. The highest BCUT2D eigenvalue weighted by atomic mass is 16.6. The van der Waals surface area contributed by atoms with Crippen molar-refractivity contribution in [2.45, 2.75) is 58.2 Å². The molecule has 0 atom stereocenters. The average molecular weight is 307 g/mol. The van der Waals surface area contributed by atoms with E-state index in [-0.39, 0.29) is 6.09 Å². The van der Waals surface area contributed by atoms with E-state index in [1.807, 2.05) is 27.7 Å². The van der Waals surface area contributed by atoms with Crippen molar-refractivity contribution >= 4 is 6.09 Å². The summed E-state index contributed by atoms with van der Waals surface area (Å²) in [6.07, 6.45) is 4.58.